The van der Waals surface area contributed by atoms with E-state index >= 15 is 0 Å². The van der Waals surface area contributed by atoms with E-state index in [1.807, 2.05) is 0 Å². The molecule has 2 N–H and O–H groups in total. The van der Waals surface area contributed by atoms with Crippen molar-refractivity contribution in [3.63, 3.8) is 0 Å². The molecule has 2 heteroatoms. The first-order chi connectivity index (χ1) is 3.19. The number of hydrogen-bond acceptors (Lipinski definition) is 2. The Kier molecular flexibility index (Phi) is 0.553. The molecular weight excluding hydrogens is 90.1 g/mol. The maximum Gasteiger partial charge on any atom is 0.105 e. The molecule has 0 heterocycles. The fraction of sp³-hybridized carbons (Fsp3) is 0.400. The first kappa shape index (κ1) is 4.37. The summed E-state index contributed by atoms with van der Waals surface area (Å²) in [4.78, 5) is 0. The van der Waals surface area contributed by atoms with Crippen molar-refractivity contribution in [1.82, 2.24) is 0 Å². The van der Waals surface area contributed by atoms with Crippen molar-refractivity contribution in [2.45, 2.75) is 6.92 Å². The lowest BCUT2D eigenvalue weighted by molar-refractivity contribution is 0.400. The molecule has 0 aliphatic heterocycles. The number of nitrogens with one attached hydrogen (secondary N) is 1. The van der Waals surface area contributed by atoms with Crippen LogP contribution in [0.4, 0.5) is 0 Å². The molecule has 1 aliphatic rings. The lowest BCUT2D eigenvalue weighted by atomic mass is 10.1. The van der Waals surface area contributed by atoms with Crippen LogP contribution in [-0.2, 0) is 0 Å². The summed E-state index contributed by atoms with van der Waals surface area (Å²) in [6, 6.07) is 0. The van der Waals surface area contributed by atoms with Crippen molar-refractivity contribution in [1.29, 1.82) is 5.41 Å². The Hall–Kier alpha value is -0.790. The van der Waals surface area contributed by atoms with Gasteiger partial charge in [-0.1, -0.05) is 0 Å². The molecule has 0 amide bonds. The molecule has 0 aromatic rings. The number of hydrogen-bond donors (Lipinski definition) is 2. The van der Waals surface area contributed by atoms with E-state index in [-0.39, 0.29) is 5.41 Å². The van der Waals surface area contributed by atoms with E-state index in [9.17, 15) is 0 Å². The predicted molar refractivity (Wildman–Crippen MR) is 27.6 cm³/mol. The Morgan fingerprint density at radius 1 is 2.00 bits per heavy atom. The van der Waals surface area contributed by atoms with Crippen LogP contribution in [0.3, 0.4) is 0 Å². The molecule has 1 atom stereocenters. The highest BCUT2D eigenvalue weighted by Gasteiger charge is 2.37. The Morgan fingerprint density at radius 2 is 2.43 bits per heavy atom. The first-order valence-corrected chi connectivity index (χ1v) is 2.13. The SMILES string of the molecule is CC1(C=N)C=C1O. The molecule has 1 aliphatic carbocycles. The van der Waals surface area contributed by atoms with Crippen molar-refractivity contribution in [3.05, 3.63) is 11.8 Å². The third-order valence-corrected chi connectivity index (χ3v) is 1.20. The minimum atomic E-state index is -0.361. The number of aliphatic hydroxyl groups is 1. The van der Waals surface area contributed by atoms with Gasteiger partial charge in [-0.3, -0.25) is 0 Å². The zero-order valence-corrected chi connectivity index (χ0v) is 4.10. The standard InChI is InChI=1S/C5H7NO/c1-5(3-6)2-4(5)7/h2-3,6-7H,1H3. The number of aliphatic hydroxyl groups excluding tert-OH is 1. The van der Waals surface area contributed by atoms with E-state index in [0.717, 1.165) is 0 Å². The molecule has 0 saturated carbocycles. The number of rotatable bonds is 1. The molecule has 1 unspecified atom stereocenters. The van der Waals surface area contributed by atoms with Crippen molar-refractivity contribution in [2.75, 3.05) is 0 Å². The summed E-state index contributed by atoms with van der Waals surface area (Å²) < 4.78 is 0. The molecule has 0 bridgehead atoms. The largest absolute Gasteiger partial charge is 0.511 e. The van der Waals surface area contributed by atoms with Crippen LogP contribution in [0.5, 0.6) is 0 Å². The first-order valence-electron chi connectivity index (χ1n) is 2.13. The van der Waals surface area contributed by atoms with E-state index in [4.69, 9.17) is 10.5 Å². The summed E-state index contributed by atoms with van der Waals surface area (Å²) in [7, 11) is 0. The van der Waals surface area contributed by atoms with Crippen LogP contribution in [0.25, 0.3) is 0 Å². The summed E-state index contributed by atoms with van der Waals surface area (Å²) in [6.45, 7) is 1.79. The molecular formula is C5H7NO. The summed E-state index contributed by atoms with van der Waals surface area (Å²) in [5.74, 6) is 0.322. The molecule has 0 saturated heterocycles. The second-order valence-electron chi connectivity index (χ2n) is 1.96. The molecule has 0 fully saturated rings. The van der Waals surface area contributed by atoms with Crippen LogP contribution >= 0.6 is 0 Å². The molecule has 7 heavy (non-hydrogen) atoms. The molecule has 0 aromatic carbocycles. The monoisotopic (exact) mass is 97.1 g/mol. The summed E-state index contributed by atoms with van der Waals surface area (Å²) in [5.41, 5.74) is -0.361. The number of allylic oxidation sites excluding steroid dienone is 2. The average molecular weight is 97.1 g/mol. The van der Waals surface area contributed by atoms with Crippen LogP contribution < -0.4 is 0 Å². The third kappa shape index (κ3) is 0.427. The Bertz CT molecular complexity index is 139. The van der Waals surface area contributed by atoms with Gasteiger partial charge in [-0.05, 0) is 13.0 Å². The minimum absolute atomic E-state index is 0.322. The smallest absolute Gasteiger partial charge is 0.105 e. The lowest BCUT2D eigenvalue weighted by Crippen LogP contribution is -1.97. The van der Waals surface area contributed by atoms with Gasteiger partial charge < -0.3 is 10.5 Å². The summed E-state index contributed by atoms with van der Waals surface area (Å²) in [5, 5.41) is 15.3. The van der Waals surface area contributed by atoms with E-state index in [1.54, 1.807) is 13.0 Å². The van der Waals surface area contributed by atoms with Gasteiger partial charge in [-0.25, -0.2) is 0 Å². The van der Waals surface area contributed by atoms with Gasteiger partial charge in [0.15, 0.2) is 0 Å². The van der Waals surface area contributed by atoms with Crippen molar-refractivity contribution < 1.29 is 5.11 Å². The van der Waals surface area contributed by atoms with Gasteiger partial charge in [0, 0.05) is 6.21 Å². The van der Waals surface area contributed by atoms with E-state index in [0.29, 0.717) is 5.76 Å². The van der Waals surface area contributed by atoms with Crippen LogP contribution in [0.15, 0.2) is 11.8 Å². The Labute approximate surface area is 42.0 Å². The second-order valence-corrected chi connectivity index (χ2v) is 1.96. The molecule has 38 valence electrons. The summed E-state index contributed by atoms with van der Waals surface area (Å²) >= 11 is 0. The average Bonchev–Trinajstić information content (AvgIpc) is 2.18. The van der Waals surface area contributed by atoms with E-state index in [1.165, 1.54) is 6.21 Å². The maximum absolute atomic E-state index is 8.60. The highest BCUT2D eigenvalue weighted by molar-refractivity contribution is 5.75. The normalized spacial score (nSPS) is 37.0. The van der Waals surface area contributed by atoms with Gasteiger partial charge in [0.2, 0.25) is 0 Å². The molecule has 0 aromatic heterocycles. The van der Waals surface area contributed by atoms with Gasteiger partial charge in [0.25, 0.3) is 0 Å². The van der Waals surface area contributed by atoms with Gasteiger partial charge >= 0.3 is 0 Å². The molecule has 0 radical (unpaired) electrons. The second kappa shape index (κ2) is 0.886. The van der Waals surface area contributed by atoms with E-state index in [2.05, 4.69) is 0 Å². The van der Waals surface area contributed by atoms with Crippen LogP contribution in [0.1, 0.15) is 6.92 Å². The van der Waals surface area contributed by atoms with Crippen LogP contribution in [-0.4, -0.2) is 11.3 Å². The van der Waals surface area contributed by atoms with Crippen molar-refractivity contribution in [3.8, 4) is 0 Å². The maximum atomic E-state index is 8.60. The Balaban J connectivity index is 2.59. The van der Waals surface area contributed by atoms with Crippen LogP contribution in [0.2, 0.25) is 0 Å². The fourth-order valence-corrected chi connectivity index (χ4v) is 0.364. The zero-order chi connectivity index (χ0) is 5.49. The molecule has 1 rings (SSSR count). The van der Waals surface area contributed by atoms with Gasteiger partial charge in [-0.15, -0.1) is 0 Å². The third-order valence-electron chi connectivity index (χ3n) is 1.20. The lowest BCUT2D eigenvalue weighted by Gasteiger charge is -1.94. The van der Waals surface area contributed by atoms with Gasteiger partial charge in [0.1, 0.15) is 5.76 Å². The van der Waals surface area contributed by atoms with Crippen molar-refractivity contribution in [2.24, 2.45) is 5.41 Å². The molecule has 0 spiro atoms. The summed E-state index contributed by atoms with van der Waals surface area (Å²) in [6.07, 6.45) is 2.86. The van der Waals surface area contributed by atoms with Crippen molar-refractivity contribution >= 4 is 6.21 Å². The quantitative estimate of drug-likeness (QED) is 0.473. The van der Waals surface area contributed by atoms with E-state index < -0.39 is 0 Å². The Morgan fingerprint density at radius 3 is 2.43 bits per heavy atom. The highest BCUT2D eigenvalue weighted by atomic mass is 16.3. The molecule has 2 nitrogen and oxygen atoms in total. The zero-order valence-electron chi connectivity index (χ0n) is 4.10. The topological polar surface area (TPSA) is 44.1 Å². The predicted octanol–water partition coefficient (Wildman–Crippen LogP) is 1.10. The van der Waals surface area contributed by atoms with Gasteiger partial charge in [0.05, 0.1) is 5.41 Å². The minimum Gasteiger partial charge on any atom is -0.511 e. The fourth-order valence-electron chi connectivity index (χ4n) is 0.364. The van der Waals surface area contributed by atoms with Crippen LogP contribution in [0, 0.1) is 10.8 Å². The highest BCUT2D eigenvalue weighted by Crippen LogP contribution is 2.38. The van der Waals surface area contributed by atoms with Gasteiger partial charge in [-0.2, -0.15) is 0 Å².